The van der Waals surface area contributed by atoms with Gasteiger partial charge in [0, 0.05) is 30.6 Å². The number of hydrogen-bond acceptors (Lipinski definition) is 5. The van der Waals surface area contributed by atoms with E-state index in [-0.39, 0.29) is 23.5 Å². The molecule has 1 aliphatic rings. The topological polar surface area (TPSA) is 71.8 Å². The molecule has 0 saturated carbocycles. The van der Waals surface area contributed by atoms with Gasteiger partial charge >= 0.3 is 0 Å². The van der Waals surface area contributed by atoms with Crippen LogP contribution in [-0.2, 0) is 23.1 Å². The SMILES string of the molecule is COc1ccc([S@@](=O)Cc2ccc(C(=O)NC3CCN(Cc4ccccc4)CC3)o2)cc1. The Labute approximate surface area is 191 Å². The minimum Gasteiger partial charge on any atom is -0.497 e. The van der Waals surface area contributed by atoms with Crippen LogP contribution in [-0.4, -0.2) is 41.3 Å². The summed E-state index contributed by atoms with van der Waals surface area (Å²) in [6, 6.07) is 21.1. The molecule has 0 unspecified atom stereocenters. The molecule has 0 spiro atoms. The third-order valence-corrected chi connectivity index (χ3v) is 7.00. The molecule has 0 radical (unpaired) electrons. The summed E-state index contributed by atoms with van der Waals surface area (Å²) in [7, 11) is 0.334. The molecule has 1 fully saturated rings. The Bertz CT molecular complexity index is 1040. The van der Waals surface area contributed by atoms with Crippen LogP contribution in [0.15, 0.2) is 76.0 Å². The van der Waals surface area contributed by atoms with Crippen molar-refractivity contribution in [3.63, 3.8) is 0 Å². The van der Waals surface area contributed by atoms with E-state index >= 15 is 0 Å². The highest BCUT2D eigenvalue weighted by atomic mass is 32.2. The van der Waals surface area contributed by atoms with Gasteiger partial charge in [-0.2, -0.15) is 0 Å². The second-order valence-electron chi connectivity index (χ2n) is 7.94. The van der Waals surface area contributed by atoms with E-state index in [9.17, 15) is 9.00 Å². The van der Waals surface area contributed by atoms with Crippen LogP contribution in [0.2, 0.25) is 0 Å². The molecule has 4 rings (SSSR count). The number of likely N-dealkylation sites (tertiary alicyclic amines) is 1. The number of ether oxygens (including phenoxy) is 1. The Morgan fingerprint density at radius 2 is 1.78 bits per heavy atom. The zero-order valence-corrected chi connectivity index (χ0v) is 19.0. The van der Waals surface area contributed by atoms with Gasteiger partial charge in [0.25, 0.3) is 5.91 Å². The number of nitrogens with zero attached hydrogens (tertiary/aromatic N) is 1. The number of nitrogens with one attached hydrogen (secondary N) is 1. The number of benzene rings is 2. The van der Waals surface area contributed by atoms with E-state index in [0.717, 1.165) is 32.5 Å². The van der Waals surface area contributed by atoms with Crippen LogP contribution < -0.4 is 10.1 Å². The first kappa shape index (κ1) is 22.3. The highest BCUT2D eigenvalue weighted by molar-refractivity contribution is 7.84. The smallest absolute Gasteiger partial charge is 0.287 e. The van der Waals surface area contributed by atoms with E-state index in [0.29, 0.717) is 16.4 Å². The second kappa shape index (κ2) is 10.6. The van der Waals surface area contributed by atoms with Crippen LogP contribution in [0.5, 0.6) is 5.75 Å². The van der Waals surface area contributed by atoms with Crippen LogP contribution in [0, 0.1) is 0 Å². The predicted octanol–water partition coefficient (Wildman–Crippen LogP) is 3.99. The summed E-state index contributed by atoms with van der Waals surface area (Å²) in [6.45, 7) is 2.84. The number of carbonyl (C=O) groups is 1. The minimum atomic E-state index is -1.26. The lowest BCUT2D eigenvalue weighted by Crippen LogP contribution is -2.44. The van der Waals surface area contributed by atoms with Crippen LogP contribution in [0.25, 0.3) is 0 Å². The van der Waals surface area contributed by atoms with Gasteiger partial charge in [0.1, 0.15) is 11.5 Å². The Hall–Kier alpha value is -2.90. The van der Waals surface area contributed by atoms with Crippen molar-refractivity contribution in [1.82, 2.24) is 10.2 Å². The molecule has 1 saturated heterocycles. The summed E-state index contributed by atoms with van der Waals surface area (Å²) in [6.07, 6.45) is 1.82. The molecule has 1 N–H and O–H groups in total. The summed E-state index contributed by atoms with van der Waals surface area (Å²) in [4.78, 5) is 15.7. The standard InChI is InChI=1S/C25H28N2O4S/c1-30-21-7-10-23(11-8-21)32(29)18-22-9-12-24(31-22)25(28)26-20-13-15-27(16-14-20)17-19-5-3-2-4-6-19/h2-12,20H,13-18H2,1H3,(H,26,28)/t32-/m0/s1. The number of hydrogen-bond donors (Lipinski definition) is 1. The third kappa shape index (κ3) is 5.87. The summed E-state index contributed by atoms with van der Waals surface area (Å²) < 4.78 is 23.4. The monoisotopic (exact) mass is 452 g/mol. The Morgan fingerprint density at radius 3 is 2.47 bits per heavy atom. The molecule has 0 bridgehead atoms. The molecular formula is C25H28N2O4S. The molecular weight excluding hydrogens is 424 g/mol. The van der Waals surface area contributed by atoms with Gasteiger partial charge < -0.3 is 14.5 Å². The van der Waals surface area contributed by atoms with Crippen molar-refractivity contribution >= 4 is 16.7 Å². The normalized spacial score (nSPS) is 15.9. The fraction of sp³-hybridized carbons (Fsp3) is 0.320. The maximum atomic E-state index is 12.6. The van der Waals surface area contributed by atoms with Gasteiger partial charge in [-0.05, 0) is 54.8 Å². The maximum absolute atomic E-state index is 12.6. The van der Waals surface area contributed by atoms with Gasteiger partial charge in [0.05, 0.1) is 23.7 Å². The first-order chi connectivity index (χ1) is 15.6. The molecule has 7 heteroatoms. The number of furan rings is 1. The number of carbonyl (C=O) groups excluding carboxylic acids is 1. The van der Waals surface area contributed by atoms with Crippen LogP contribution in [0.4, 0.5) is 0 Å². The van der Waals surface area contributed by atoms with Crippen LogP contribution in [0.1, 0.15) is 34.7 Å². The Morgan fingerprint density at radius 1 is 1.06 bits per heavy atom. The molecule has 1 amide bonds. The first-order valence-corrected chi connectivity index (χ1v) is 12.1. The minimum absolute atomic E-state index is 0.136. The molecule has 6 nitrogen and oxygen atoms in total. The quantitative estimate of drug-likeness (QED) is 0.560. The lowest BCUT2D eigenvalue weighted by atomic mass is 10.0. The summed E-state index contributed by atoms with van der Waals surface area (Å²) >= 11 is 0. The average molecular weight is 453 g/mol. The van der Waals surface area contributed by atoms with E-state index in [4.69, 9.17) is 9.15 Å². The van der Waals surface area contributed by atoms with E-state index in [2.05, 4.69) is 34.5 Å². The molecule has 1 aliphatic heterocycles. The molecule has 32 heavy (non-hydrogen) atoms. The van der Waals surface area contributed by atoms with Crippen molar-refractivity contribution in [2.45, 2.75) is 36.1 Å². The molecule has 1 aromatic heterocycles. The number of methoxy groups -OCH3 is 1. The highest BCUT2D eigenvalue weighted by Crippen LogP contribution is 2.19. The second-order valence-corrected chi connectivity index (χ2v) is 9.39. The van der Waals surface area contributed by atoms with Crippen molar-refractivity contribution < 1.29 is 18.2 Å². The van der Waals surface area contributed by atoms with Crippen molar-refractivity contribution in [1.29, 1.82) is 0 Å². The van der Waals surface area contributed by atoms with E-state index < -0.39 is 10.8 Å². The largest absolute Gasteiger partial charge is 0.497 e. The lowest BCUT2D eigenvalue weighted by molar-refractivity contribution is 0.0879. The molecule has 0 aliphatic carbocycles. The van der Waals surface area contributed by atoms with Crippen LogP contribution >= 0.6 is 0 Å². The molecule has 168 valence electrons. The molecule has 2 aromatic carbocycles. The number of rotatable bonds is 8. The first-order valence-electron chi connectivity index (χ1n) is 10.8. The van der Waals surface area contributed by atoms with Crippen LogP contribution in [0.3, 0.4) is 0 Å². The third-order valence-electron chi connectivity index (χ3n) is 5.65. The number of amides is 1. The van der Waals surface area contributed by atoms with Gasteiger partial charge in [0.15, 0.2) is 5.76 Å². The van der Waals surface area contributed by atoms with Crippen molar-refractivity contribution in [2.24, 2.45) is 0 Å². The summed E-state index contributed by atoms with van der Waals surface area (Å²) in [5, 5.41) is 3.08. The predicted molar refractivity (Wildman–Crippen MR) is 124 cm³/mol. The molecule has 3 aromatic rings. The molecule has 2 heterocycles. The van der Waals surface area contributed by atoms with E-state index in [1.807, 2.05) is 6.07 Å². The highest BCUT2D eigenvalue weighted by Gasteiger charge is 2.22. The Balaban J connectivity index is 1.25. The van der Waals surface area contributed by atoms with Gasteiger partial charge in [-0.3, -0.25) is 13.9 Å². The number of piperidine rings is 1. The van der Waals surface area contributed by atoms with E-state index in [1.54, 1.807) is 43.5 Å². The fourth-order valence-electron chi connectivity index (χ4n) is 3.85. The van der Waals surface area contributed by atoms with Crippen molar-refractivity contribution in [3.8, 4) is 5.75 Å². The van der Waals surface area contributed by atoms with Gasteiger partial charge in [-0.1, -0.05) is 30.3 Å². The Kier molecular flexibility index (Phi) is 7.39. The zero-order chi connectivity index (χ0) is 22.3. The molecule has 1 atom stereocenters. The van der Waals surface area contributed by atoms with Crippen molar-refractivity contribution in [3.05, 3.63) is 83.8 Å². The maximum Gasteiger partial charge on any atom is 0.287 e. The summed E-state index contributed by atoms with van der Waals surface area (Å²) in [5.41, 5.74) is 1.31. The van der Waals surface area contributed by atoms with E-state index in [1.165, 1.54) is 5.56 Å². The average Bonchev–Trinajstić information content (AvgIpc) is 3.30. The van der Waals surface area contributed by atoms with Crippen molar-refractivity contribution in [2.75, 3.05) is 20.2 Å². The summed E-state index contributed by atoms with van der Waals surface area (Å²) in [5.74, 6) is 1.51. The lowest BCUT2D eigenvalue weighted by Gasteiger charge is -2.32. The van der Waals surface area contributed by atoms with Gasteiger partial charge in [-0.25, -0.2) is 0 Å². The van der Waals surface area contributed by atoms with Gasteiger partial charge in [0.2, 0.25) is 0 Å². The fourth-order valence-corrected chi connectivity index (χ4v) is 4.87. The zero-order valence-electron chi connectivity index (χ0n) is 18.2. The van der Waals surface area contributed by atoms with Gasteiger partial charge in [-0.15, -0.1) is 0 Å².